The minimum atomic E-state index is -0.418. The maximum atomic E-state index is 12.2. The summed E-state index contributed by atoms with van der Waals surface area (Å²) in [5, 5.41) is 6.35. The predicted octanol–water partition coefficient (Wildman–Crippen LogP) is 4.15. The van der Waals surface area contributed by atoms with Crippen LogP contribution >= 0.6 is 35.4 Å². The van der Waals surface area contributed by atoms with Crippen molar-refractivity contribution in [2.45, 2.75) is 0 Å². The van der Waals surface area contributed by atoms with Gasteiger partial charge in [0.15, 0.2) is 5.11 Å². The van der Waals surface area contributed by atoms with E-state index >= 15 is 0 Å². The van der Waals surface area contributed by atoms with Crippen molar-refractivity contribution in [1.82, 2.24) is 5.32 Å². The van der Waals surface area contributed by atoms with Gasteiger partial charge < -0.3 is 14.8 Å². The third kappa shape index (κ3) is 6.17. The number of carbonyl (C=O) groups excluding carboxylic acids is 1. The highest BCUT2D eigenvalue weighted by molar-refractivity contribution is 7.80. The lowest BCUT2D eigenvalue weighted by Crippen LogP contribution is -2.34. The zero-order valence-electron chi connectivity index (χ0n) is 13.3. The van der Waals surface area contributed by atoms with Crippen LogP contribution in [0.3, 0.4) is 0 Å². The van der Waals surface area contributed by atoms with Crippen LogP contribution < -0.4 is 15.4 Å². The molecule has 2 aromatic rings. The summed E-state index contributed by atoms with van der Waals surface area (Å²) in [5.74, 6) is 0.296. The minimum absolute atomic E-state index is 0.157. The Morgan fingerprint density at radius 1 is 1.12 bits per heavy atom. The number of ether oxygens (including phenoxy) is 2. The van der Waals surface area contributed by atoms with Crippen molar-refractivity contribution in [3.05, 3.63) is 58.1 Å². The maximum Gasteiger partial charge on any atom is 0.258 e. The zero-order valence-corrected chi connectivity index (χ0v) is 15.7. The Bertz CT molecular complexity index is 754. The number of thiocarbonyl (C=S) groups is 1. The molecule has 5 nitrogen and oxygen atoms in total. The van der Waals surface area contributed by atoms with Crippen molar-refractivity contribution in [2.75, 3.05) is 25.6 Å². The fraction of sp³-hybridized carbons (Fsp3) is 0.176. The number of halogens is 2. The number of amides is 1. The quantitative estimate of drug-likeness (QED) is 0.565. The number of nitrogens with one attached hydrogen (secondary N) is 2. The van der Waals surface area contributed by atoms with Crippen LogP contribution in [0.25, 0.3) is 0 Å². The first-order chi connectivity index (χ1) is 12.0. The van der Waals surface area contributed by atoms with E-state index in [2.05, 4.69) is 10.6 Å². The normalized spacial score (nSPS) is 10.2. The Hall–Kier alpha value is -1.86. The second-order valence-electron chi connectivity index (χ2n) is 4.90. The Morgan fingerprint density at radius 3 is 2.48 bits per heavy atom. The SMILES string of the molecule is COCCOc1ccc(NC(=S)NC(=O)c2ccc(Cl)cc2Cl)cc1. The number of hydrogen-bond donors (Lipinski definition) is 2. The third-order valence-electron chi connectivity index (χ3n) is 3.07. The van der Waals surface area contributed by atoms with Crippen molar-refractivity contribution in [3.8, 4) is 5.75 Å². The number of methoxy groups -OCH3 is 1. The molecule has 0 saturated heterocycles. The molecular weight excluding hydrogens is 383 g/mol. The van der Waals surface area contributed by atoms with Gasteiger partial charge in [-0.3, -0.25) is 10.1 Å². The highest BCUT2D eigenvalue weighted by Gasteiger charge is 2.12. The minimum Gasteiger partial charge on any atom is -0.491 e. The molecule has 0 heterocycles. The number of benzene rings is 2. The molecule has 0 spiro atoms. The Labute approximate surface area is 161 Å². The topological polar surface area (TPSA) is 59.6 Å². The summed E-state index contributed by atoms with van der Waals surface area (Å²) in [5.41, 5.74) is 1.00. The zero-order chi connectivity index (χ0) is 18.2. The van der Waals surface area contributed by atoms with Crippen LogP contribution in [0, 0.1) is 0 Å². The molecule has 0 bridgehead atoms. The van der Waals surface area contributed by atoms with Crippen LogP contribution in [0.4, 0.5) is 5.69 Å². The number of carbonyl (C=O) groups is 1. The second-order valence-corrected chi connectivity index (χ2v) is 6.15. The van der Waals surface area contributed by atoms with Crippen LogP contribution in [0.5, 0.6) is 5.75 Å². The van der Waals surface area contributed by atoms with Gasteiger partial charge in [0, 0.05) is 17.8 Å². The molecule has 0 fully saturated rings. The summed E-state index contributed by atoms with van der Waals surface area (Å²) in [6.07, 6.45) is 0. The molecule has 0 saturated carbocycles. The van der Waals surface area contributed by atoms with E-state index in [1.165, 1.54) is 12.1 Å². The lowest BCUT2D eigenvalue weighted by Gasteiger charge is -2.11. The van der Waals surface area contributed by atoms with E-state index in [4.69, 9.17) is 44.9 Å². The number of rotatable bonds is 6. The summed E-state index contributed by atoms with van der Waals surface area (Å²) >= 11 is 17.0. The lowest BCUT2D eigenvalue weighted by molar-refractivity contribution is 0.0978. The van der Waals surface area contributed by atoms with Crippen molar-refractivity contribution in [2.24, 2.45) is 0 Å². The highest BCUT2D eigenvalue weighted by atomic mass is 35.5. The summed E-state index contributed by atoms with van der Waals surface area (Å²) in [6, 6.07) is 11.8. The average molecular weight is 399 g/mol. The van der Waals surface area contributed by atoms with E-state index in [0.717, 1.165) is 0 Å². The van der Waals surface area contributed by atoms with Gasteiger partial charge in [-0.05, 0) is 54.7 Å². The van der Waals surface area contributed by atoms with Crippen LogP contribution in [-0.2, 0) is 4.74 Å². The molecule has 0 aliphatic rings. The summed E-state index contributed by atoms with van der Waals surface area (Å²) in [7, 11) is 1.61. The van der Waals surface area contributed by atoms with Gasteiger partial charge in [0.05, 0.1) is 17.2 Å². The van der Waals surface area contributed by atoms with E-state index < -0.39 is 5.91 Å². The standard InChI is InChI=1S/C17H16Cl2N2O3S/c1-23-8-9-24-13-5-3-12(4-6-13)20-17(25)21-16(22)14-7-2-11(18)10-15(14)19/h2-7,10H,8-9H2,1H3,(H2,20,21,22,25). The number of hydrogen-bond acceptors (Lipinski definition) is 4. The van der Waals surface area contributed by atoms with Gasteiger partial charge in [0.2, 0.25) is 0 Å². The van der Waals surface area contributed by atoms with Crippen LogP contribution in [0.2, 0.25) is 10.0 Å². The first-order valence-corrected chi connectivity index (χ1v) is 8.45. The Kier molecular flexibility index (Phi) is 7.46. The molecular formula is C17H16Cl2N2O3S. The van der Waals surface area contributed by atoms with E-state index in [1.54, 1.807) is 37.4 Å². The largest absolute Gasteiger partial charge is 0.491 e. The van der Waals surface area contributed by atoms with E-state index in [-0.39, 0.29) is 15.7 Å². The highest BCUT2D eigenvalue weighted by Crippen LogP contribution is 2.21. The van der Waals surface area contributed by atoms with Crippen molar-refractivity contribution >= 4 is 52.1 Å². The molecule has 2 N–H and O–H groups in total. The molecule has 2 rings (SSSR count). The molecule has 25 heavy (non-hydrogen) atoms. The maximum absolute atomic E-state index is 12.2. The third-order valence-corrected chi connectivity index (χ3v) is 3.82. The summed E-state index contributed by atoms with van der Waals surface area (Å²) in [4.78, 5) is 12.2. The van der Waals surface area contributed by atoms with Crippen LogP contribution in [-0.4, -0.2) is 31.3 Å². The van der Waals surface area contributed by atoms with Crippen LogP contribution in [0.15, 0.2) is 42.5 Å². The Morgan fingerprint density at radius 2 is 1.84 bits per heavy atom. The molecule has 0 aromatic heterocycles. The van der Waals surface area contributed by atoms with E-state index in [9.17, 15) is 4.79 Å². The van der Waals surface area contributed by atoms with Gasteiger partial charge >= 0.3 is 0 Å². The summed E-state index contributed by atoms with van der Waals surface area (Å²) in [6.45, 7) is 0.989. The van der Waals surface area contributed by atoms with Gasteiger partial charge in [0.25, 0.3) is 5.91 Å². The van der Waals surface area contributed by atoms with Gasteiger partial charge in [-0.1, -0.05) is 23.2 Å². The number of anilines is 1. The van der Waals surface area contributed by atoms with Gasteiger partial charge in [-0.25, -0.2) is 0 Å². The molecule has 2 aromatic carbocycles. The first-order valence-electron chi connectivity index (χ1n) is 7.29. The average Bonchev–Trinajstić information content (AvgIpc) is 2.56. The second kappa shape index (κ2) is 9.58. The van der Waals surface area contributed by atoms with Crippen molar-refractivity contribution < 1.29 is 14.3 Å². The molecule has 8 heteroatoms. The van der Waals surface area contributed by atoms with E-state index in [0.29, 0.717) is 29.7 Å². The molecule has 0 aliphatic carbocycles. The first kappa shape index (κ1) is 19.5. The fourth-order valence-corrected chi connectivity index (χ4v) is 2.59. The smallest absolute Gasteiger partial charge is 0.258 e. The van der Waals surface area contributed by atoms with Crippen molar-refractivity contribution in [3.63, 3.8) is 0 Å². The summed E-state index contributed by atoms with van der Waals surface area (Å²) < 4.78 is 10.4. The van der Waals surface area contributed by atoms with Gasteiger partial charge in [-0.15, -0.1) is 0 Å². The van der Waals surface area contributed by atoms with E-state index in [1.807, 2.05) is 0 Å². The molecule has 132 valence electrons. The molecule has 1 amide bonds. The predicted molar refractivity (Wildman–Crippen MR) is 104 cm³/mol. The molecule has 0 radical (unpaired) electrons. The van der Waals surface area contributed by atoms with Gasteiger partial charge in [0.1, 0.15) is 12.4 Å². The van der Waals surface area contributed by atoms with Gasteiger partial charge in [-0.2, -0.15) is 0 Å². The molecule has 0 aliphatic heterocycles. The van der Waals surface area contributed by atoms with Crippen LogP contribution in [0.1, 0.15) is 10.4 Å². The van der Waals surface area contributed by atoms with Crippen molar-refractivity contribution in [1.29, 1.82) is 0 Å². The lowest BCUT2D eigenvalue weighted by atomic mass is 10.2. The Balaban J connectivity index is 1.90. The molecule has 0 unspecified atom stereocenters. The monoisotopic (exact) mass is 398 g/mol. The molecule has 0 atom stereocenters. The fourth-order valence-electron chi connectivity index (χ4n) is 1.88.